The van der Waals surface area contributed by atoms with Gasteiger partial charge in [0.25, 0.3) is 5.56 Å². The third-order valence-corrected chi connectivity index (χ3v) is 3.06. The molecule has 0 saturated carbocycles. The first-order chi connectivity index (χ1) is 9.63. The van der Waals surface area contributed by atoms with Crippen molar-refractivity contribution in [3.63, 3.8) is 0 Å². The Morgan fingerprint density at radius 2 is 2.05 bits per heavy atom. The molecule has 1 N–H and O–H groups in total. The second-order valence-corrected chi connectivity index (χ2v) is 4.80. The number of H-pyrrole nitrogens is 1. The number of aromatic nitrogens is 5. The van der Waals surface area contributed by atoms with Gasteiger partial charge in [0.05, 0.1) is 18.1 Å². The molecule has 2 heterocycles. The van der Waals surface area contributed by atoms with Gasteiger partial charge in [-0.05, 0) is 18.2 Å². The highest BCUT2D eigenvalue weighted by molar-refractivity contribution is 6.31. The molecule has 3 rings (SSSR count). The van der Waals surface area contributed by atoms with Gasteiger partial charge in [-0.1, -0.05) is 28.4 Å². The number of nitrogens with one attached hydrogen (secondary N) is 1. The van der Waals surface area contributed by atoms with Crippen LogP contribution in [0.1, 0.15) is 0 Å². The third kappa shape index (κ3) is 2.43. The predicted octanol–water partition coefficient (Wildman–Crippen LogP) is 2.32. The van der Waals surface area contributed by atoms with Crippen LogP contribution >= 0.6 is 23.2 Å². The maximum atomic E-state index is 11.4. The number of hydrogen-bond donors (Lipinski definition) is 1. The fourth-order valence-electron chi connectivity index (χ4n) is 1.82. The summed E-state index contributed by atoms with van der Waals surface area (Å²) in [6.07, 6.45) is 3.10. The van der Waals surface area contributed by atoms with Crippen molar-refractivity contribution in [1.82, 2.24) is 25.2 Å². The molecule has 8 heteroatoms. The summed E-state index contributed by atoms with van der Waals surface area (Å²) >= 11 is 11.8. The van der Waals surface area contributed by atoms with Crippen LogP contribution < -0.4 is 5.56 Å². The molecule has 0 atom stereocenters. The third-order valence-electron chi connectivity index (χ3n) is 2.65. The van der Waals surface area contributed by atoms with Gasteiger partial charge in [0.2, 0.25) is 0 Å². The number of halogens is 2. The van der Waals surface area contributed by atoms with Crippen LogP contribution in [-0.4, -0.2) is 25.2 Å². The van der Waals surface area contributed by atoms with Gasteiger partial charge in [-0.25, -0.2) is 9.78 Å². The average molecular weight is 308 g/mol. The lowest BCUT2D eigenvalue weighted by atomic mass is 10.1. The molecule has 3 aromatic rings. The van der Waals surface area contributed by atoms with E-state index < -0.39 is 0 Å². The molecule has 0 aliphatic carbocycles. The predicted molar refractivity (Wildman–Crippen MR) is 75.2 cm³/mol. The Labute approximate surface area is 123 Å². The van der Waals surface area contributed by atoms with Crippen LogP contribution in [0.3, 0.4) is 0 Å². The molecule has 0 spiro atoms. The Balaban J connectivity index is 2.24. The Morgan fingerprint density at radius 3 is 2.75 bits per heavy atom. The van der Waals surface area contributed by atoms with E-state index in [4.69, 9.17) is 23.2 Å². The number of benzene rings is 1. The van der Waals surface area contributed by atoms with E-state index in [9.17, 15) is 4.79 Å². The molecule has 0 aliphatic rings. The van der Waals surface area contributed by atoms with Crippen LogP contribution in [0.5, 0.6) is 0 Å². The van der Waals surface area contributed by atoms with Crippen molar-refractivity contribution in [1.29, 1.82) is 0 Å². The molecule has 0 fully saturated rings. The van der Waals surface area contributed by atoms with Crippen LogP contribution in [0, 0.1) is 0 Å². The van der Waals surface area contributed by atoms with E-state index in [-0.39, 0.29) is 10.7 Å². The van der Waals surface area contributed by atoms with Crippen molar-refractivity contribution < 1.29 is 0 Å². The molecule has 0 amide bonds. The van der Waals surface area contributed by atoms with Crippen molar-refractivity contribution in [2.75, 3.05) is 0 Å². The first kappa shape index (κ1) is 12.8. The summed E-state index contributed by atoms with van der Waals surface area (Å²) in [7, 11) is 0. The first-order valence-electron chi connectivity index (χ1n) is 5.56. The van der Waals surface area contributed by atoms with Crippen LogP contribution in [0.15, 0.2) is 41.5 Å². The van der Waals surface area contributed by atoms with Gasteiger partial charge < -0.3 is 0 Å². The Kier molecular flexibility index (Phi) is 3.25. The molecule has 0 unspecified atom stereocenters. The van der Waals surface area contributed by atoms with E-state index in [1.165, 1.54) is 16.9 Å². The van der Waals surface area contributed by atoms with Gasteiger partial charge in [-0.2, -0.15) is 5.10 Å². The minimum atomic E-state index is -0.301. The van der Waals surface area contributed by atoms with Crippen LogP contribution in [0.4, 0.5) is 0 Å². The normalized spacial score (nSPS) is 10.7. The van der Waals surface area contributed by atoms with Crippen LogP contribution in [-0.2, 0) is 0 Å². The zero-order chi connectivity index (χ0) is 14.1. The lowest BCUT2D eigenvalue weighted by molar-refractivity contribution is 0.804. The van der Waals surface area contributed by atoms with Crippen molar-refractivity contribution >= 4 is 23.2 Å². The topological polar surface area (TPSA) is 76.5 Å². The van der Waals surface area contributed by atoms with Crippen molar-refractivity contribution in [3.8, 4) is 16.8 Å². The van der Waals surface area contributed by atoms with E-state index in [0.29, 0.717) is 21.8 Å². The second-order valence-electron chi connectivity index (χ2n) is 3.98. The standard InChI is InChI=1S/C12H7Cl2N5O/c13-8-1-2-10(19-6-11(14)16-18-19)9(4-8)7-3-12(20)17-15-5-7/h1-6H,(H,17,20). The molecule has 0 radical (unpaired) electrons. The summed E-state index contributed by atoms with van der Waals surface area (Å²) in [6, 6.07) is 6.64. The van der Waals surface area contributed by atoms with E-state index in [1.54, 1.807) is 24.4 Å². The number of rotatable bonds is 2. The summed E-state index contributed by atoms with van der Waals surface area (Å²) < 4.78 is 1.51. The summed E-state index contributed by atoms with van der Waals surface area (Å²) in [5, 5.41) is 14.6. The maximum absolute atomic E-state index is 11.4. The number of aromatic amines is 1. The zero-order valence-electron chi connectivity index (χ0n) is 9.92. The smallest absolute Gasteiger partial charge is 0.264 e. The van der Waals surface area contributed by atoms with Crippen LogP contribution in [0.25, 0.3) is 16.8 Å². The molecule has 0 bridgehead atoms. The van der Waals surface area contributed by atoms with Crippen molar-refractivity contribution in [2.45, 2.75) is 0 Å². The molecule has 2 aromatic heterocycles. The fraction of sp³-hybridized carbons (Fsp3) is 0. The zero-order valence-corrected chi connectivity index (χ0v) is 11.4. The summed E-state index contributed by atoms with van der Waals surface area (Å²) in [4.78, 5) is 11.4. The van der Waals surface area contributed by atoms with Gasteiger partial charge in [0.1, 0.15) is 0 Å². The highest BCUT2D eigenvalue weighted by atomic mass is 35.5. The second kappa shape index (κ2) is 5.07. The van der Waals surface area contributed by atoms with E-state index in [2.05, 4.69) is 20.5 Å². The minimum Gasteiger partial charge on any atom is -0.268 e. The van der Waals surface area contributed by atoms with Gasteiger partial charge >= 0.3 is 0 Å². The lowest BCUT2D eigenvalue weighted by Crippen LogP contribution is -2.06. The first-order valence-corrected chi connectivity index (χ1v) is 6.32. The molecule has 0 aliphatic heterocycles. The largest absolute Gasteiger partial charge is 0.268 e. The molecule has 1 aromatic carbocycles. The number of nitrogens with zero attached hydrogens (tertiary/aromatic N) is 4. The van der Waals surface area contributed by atoms with E-state index in [0.717, 1.165) is 0 Å². The SMILES string of the molecule is O=c1cc(-c2cc(Cl)ccc2-n2cc(Cl)nn2)cn[nH]1. The Bertz CT molecular complexity index is 826. The van der Waals surface area contributed by atoms with Crippen molar-refractivity contribution in [2.24, 2.45) is 0 Å². The van der Waals surface area contributed by atoms with E-state index in [1.807, 2.05) is 0 Å². The van der Waals surface area contributed by atoms with Crippen LogP contribution in [0.2, 0.25) is 10.2 Å². The van der Waals surface area contributed by atoms with Gasteiger partial charge in [-0.3, -0.25) is 4.79 Å². The molecule has 0 saturated heterocycles. The van der Waals surface area contributed by atoms with Gasteiger partial charge in [0.15, 0.2) is 5.15 Å². The fourth-order valence-corrected chi connectivity index (χ4v) is 2.12. The molecule has 20 heavy (non-hydrogen) atoms. The monoisotopic (exact) mass is 307 g/mol. The maximum Gasteiger partial charge on any atom is 0.264 e. The summed E-state index contributed by atoms with van der Waals surface area (Å²) in [5.74, 6) is 0. The highest BCUT2D eigenvalue weighted by Crippen LogP contribution is 2.28. The van der Waals surface area contributed by atoms with E-state index >= 15 is 0 Å². The van der Waals surface area contributed by atoms with Gasteiger partial charge in [-0.15, -0.1) is 5.10 Å². The minimum absolute atomic E-state index is 0.273. The molecule has 100 valence electrons. The summed E-state index contributed by atoms with van der Waals surface area (Å²) in [5.41, 5.74) is 1.72. The Hall–Kier alpha value is -2.18. The summed E-state index contributed by atoms with van der Waals surface area (Å²) in [6.45, 7) is 0. The highest BCUT2D eigenvalue weighted by Gasteiger charge is 2.11. The average Bonchev–Trinajstić information content (AvgIpc) is 2.85. The Morgan fingerprint density at radius 1 is 1.20 bits per heavy atom. The van der Waals surface area contributed by atoms with Crippen molar-refractivity contribution in [3.05, 3.63) is 57.2 Å². The quantitative estimate of drug-likeness (QED) is 0.788. The molecular weight excluding hydrogens is 301 g/mol. The van der Waals surface area contributed by atoms with Gasteiger partial charge in [0, 0.05) is 22.2 Å². The number of hydrogen-bond acceptors (Lipinski definition) is 4. The lowest BCUT2D eigenvalue weighted by Gasteiger charge is -2.09. The molecule has 6 nitrogen and oxygen atoms in total. The molecular formula is C12H7Cl2N5O.